The summed E-state index contributed by atoms with van der Waals surface area (Å²) in [6.07, 6.45) is 3.99. The van der Waals surface area contributed by atoms with Crippen LogP contribution in [-0.2, 0) is 20.8 Å². The number of nitrogens with one attached hydrogen (secondary N) is 2. The number of hydrogen-bond donors (Lipinski definition) is 3. The number of nitrogens with two attached hydrogens (primary N) is 1. The molecule has 19 heavy (non-hydrogen) atoms. The first-order valence-corrected chi connectivity index (χ1v) is 5.78. The lowest BCUT2D eigenvalue weighted by Gasteiger charge is -2.10. The van der Waals surface area contributed by atoms with Crippen molar-refractivity contribution in [1.82, 2.24) is 10.3 Å². The van der Waals surface area contributed by atoms with Gasteiger partial charge in [0.25, 0.3) is 0 Å². The fraction of sp³-hybridized carbons (Fsp3) is 0.231. The van der Waals surface area contributed by atoms with Crippen molar-refractivity contribution in [2.24, 2.45) is 5.90 Å². The standard InChI is InChI=1S/C13H14N3O3/c14-19-8-13(18)16-10(7-17)5-9-6-15-12-4-2-1-3-11(9)12/h1-4,6,10,15H,5,8,14H2,(H,16,18)/t10-/m0/s1. The quantitative estimate of drug-likeness (QED) is 0.646. The third-order valence-corrected chi connectivity index (χ3v) is 2.79. The van der Waals surface area contributed by atoms with Crippen LogP contribution in [0.4, 0.5) is 0 Å². The first-order chi connectivity index (χ1) is 9.24. The van der Waals surface area contributed by atoms with Crippen LogP contribution < -0.4 is 11.2 Å². The maximum absolute atomic E-state index is 11.3. The first-order valence-electron chi connectivity index (χ1n) is 5.78. The normalized spacial score (nSPS) is 12.3. The molecule has 0 spiro atoms. The Balaban J connectivity index is 2.10. The number of amides is 1. The average molecular weight is 260 g/mol. The Bertz CT molecular complexity index is 579. The predicted octanol–water partition coefficient (Wildman–Crippen LogP) is 0.195. The largest absolute Gasteiger partial charge is 0.361 e. The van der Waals surface area contributed by atoms with E-state index in [4.69, 9.17) is 5.90 Å². The molecule has 1 aromatic carbocycles. The van der Waals surface area contributed by atoms with Gasteiger partial charge in [-0.3, -0.25) is 14.4 Å². The predicted molar refractivity (Wildman–Crippen MR) is 69.8 cm³/mol. The average Bonchev–Trinajstić information content (AvgIpc) is 2.82. The molecule has 2 aromatic rings. The summed E-state index contributed by atoms with van der Waals surface area (Å²) in [6, 6.07) is 7.02. The molecule has 1 heterocycles. The monoisotopic (exact) mass is 260 g/mol. The molecule has 6 nitrogen and oxygen atoms in total. The molecule has 4 N–H and O–H groups in total. The van der Waals surface area contributed by atoms with Crippen LogP contribution in [0.2, 0.25) is 0 Å². The summed E-state index contributed by atoms with van der Waals surface area (Å²) < 4.78 is 0. The Morgan fingerprint density at radius 2 is 2.26 bits per heavy atom. The molecule has 1 atom stereocenters. The molecular weight excluding hydrogens is 246 g/mol. The van der Waals surface area contributed by atoms with E-state index < -0.39 is 11.9 Å². The topological polar surface area (TPSA) is 97.2 Å². The zero-order chi connectivity index (χ0) is 13.7. The second-order valence-corrected chi connectivity index (χ2v) is 4.11. The molecule has 0 bridgehead atoms. The minimum Gasteiger partial charge on any atom is -0.361 e. The molecule has 0 aliphatic carbocycles. The third-order valence-electron chi connectivity index (χ3n) is 2.79. The molecule has 1 aromatic heterocycles. The van der Waals surface area contributed by atoms with Crippen molar-refractivity contribution in [2.75, 3.05) is 6.61 Å². The summed E-state index contributed by atoms with van der Waals surface area (Å²) in [6.45, 7) is -0.286. The van der Waals surface area contributed by atoms with Crippen LogP contribution in [0.15, 0.2) is 30.5 Å². The van der Waals surface area contributed by atoms with Gasteiger partial charge in [-0.1, -0.05) is 18.2 Å². The van der Waals surface area contributed by atoms with Gasteiger partial charge in [-0.25, -0.2) is 5.90 Å². The van der Waals surface area contributed by atoms with Gasteiger partial charge >= 0.3 is 0 Å². The lowest BCUT2D eigenvalue weighted by atomic mass is 10.1. The highest BCUT2D eigenvalue weighted by atomic mass is 16.6. The Hall–Kier alpha value is -2.18. The maximum atomic E-state index is 11.3. The van der Waals surface area contributed by atoms with Crippen molar-refractivity contribution in [3.63, 3.8) is 0 Å². The van der Waals surface area contributed by atoms with E-state index in [1.807, 2.05) is 30.5 Å². The molecule has 2 rings (SSSR count). The van der Waals surface area contributed by atoms with Crippen molar-refractivity contribution < 1.29 is 14.4 Å². The SMILES string of the molecule is NOCC(=O)N[C@H]([C]=O)Cc1c[nH]c2ccccc12. The summed E-state index contributed by atoms with van der Waals surface area (Å²) in [4.78, 5) is 29.5. The highest BCUT2D eigenvalue weighted by Gasteiger charge is 2.15. The zero-order valence-corrected chi connectivity index (χ0v) is 10.2. The molecule has 0 aliphatic rings. The minimum absolute atomic E-state index is 0.286. The Morgan fingerprint density at radius 3 is 3.00 bits per heavy atom. The molecule has 0 saturated heterocycles. The van der Waals surface area contributed by atoms with E-state index in [0.29, 0.717) is 6.42 Å². The van der Waals surface area contributed by atoms with E-state index in [2.05, 4.69) is 15.1 Å². The summed E-state index contributed by atoms with van der Waals surface area (Å²) in [5, 5.41) is 3.51. The molecule has 0 fully saturated rings. The molecular formula is C13H14N3O3. The summed E-state index contributed by atoms with van der Waals surface area (Å²) >= 11 is 0. The van der Waals surface area contributed by atoms with Gasteiger partial charge in [0.05, 0.1) is 6.04 Å². The Morgan fingerprint density at radius 1 is 1.47 bits per heavy atom. The molecule has 0 aliphatic heterocycles. The summed E-state index contributed by atoms with van der Waals surface area (Å²) in [5.74, 6) is 4.34. The van der Waals surface area contributed by atoms with Gasteiger partial charge in [-0.2, -0.15) is 0 Å². The number of para-hydroxylation sites is 1. The van der Waals surface area contributed by atoms with E-state index >= 15 is 0 Å². The van der Waals surface area contributed by atoms with Crippen LogP contribution in [0.3, 0.4) is 0 Å². The van der Waals surface area contributed by atoms with Crippen LogP contribution >= 0.6 is 0 Å². The van der Waals surface area contributed by atoms with Gasteiger partial charge in [-0.05, 0) is 11.6 Å². The molecule has 1 radical (unpaired) electrons. The van der Waals surface area contributed by atoms with E-state index in [0.717, 1.165) is 16.5 Å². The number of rotatable bonds is 6. The Kier molecular flexibility index (Phi) is 4.27. The van der Waals surface area contributed by atoms with E-state index in [1.165, 1.54) is 0 Å². The van der Waals surface area contributed by atoms with Gasteiger partial charge in [0.15, 0.2) is 0 Å². The van der Waals surface area contributed by atoms with E-state index in [-0.39, 0.29) is 6.61 Å². The van der Waals surface area contributed by atoms with E-state index in [1.54, 1.807) is 6.29 Å². The van der Waals surface area contributed by atoms with Crippen LogP contribution in [0.25, 0.3) is 10.9 Å². The van der Waals surface area contributed by atoms with Crippen LogP contribution in [0.5, 0.6) is 0 Å². The van der Waals surface area contributed by atoms with Crippen molar-refractivity contribution in [2.45, 2.75) is 12.5 Å². The van der Waals surface area contributed by atoms with Crippen molar-refractivity contribution in [3.05, 3.63) is 36.0 Å². The van der Waals surface area contributed by atoms with Crippen molar-refractivity contribution in [3.8, 4) is 0 Å². The van der Waals surface area contributed by atoms with Gasteiger partial charge < -0.3 is 10.3 Å². The number of carbonyl (C=O) groups excluding carboxylic acids is 2. The number of aromatic nitrogens is 1. The number of aromatic amines is 1. The number of fused-ring (bicyclic) bond motifs is 1. The third kappa shape index (κ3) is 3.18. The lowest BCUT2D eigenvalue weighted by molar-refractivity contribution is -0.126. The first kappa shape index (κ1) is 13.3. The molecule has 1 amide bonds. The highest BCUT2D eigenvalue weighted by molar-refractivity contribution is 5.84. The smallest absolute Gasteiger partial charge is 0.248 e. The summed E-state index contributed by atoms with van der Waals surface area (Å²) in [7, 11) is 0. The van der Waals surface area contributed by atoms with Crippen molar-refractivity contribution >= 4 is 23.1 Å². The van der Waals surface area contributed by atoms with Gasteiger partial charge in [0.1, 0.15) is 6.61 Å². The maximum Gasteiger partial charge on any atom is 0.248 e. The zero-order valence-electron chi connectivity index (χ0n) is 10.2. The number of carbonyl (C=O) groups is 1. The summed E-state index contributed by atoms with van der Waals surface area (Å²) in [5.41, 5.74) is 1.93. The fourth-order valence-electron chi connectivity index (χ4n) is 1.95. The molecule has 99 valence electrons. The van der Waals surface area contributed by atoms with Crippen molar-refractivity contribution in [1.29, 1.82) is 0 Å². The van der Waals surface area contributed by atoms with E-state index in [9.17, 15) is 9.59 Å². The van der Waals surface area contributed by atoms with Crippen LogP contribution in [-0.4, -0.2) is 29.8 Å². The molecule has 0 unspecified atom stereocenters. The number of benzene rings is 1. The Labute approximate surface area is 109 Å². The minimum atomic E-state index is -0.721. The van der Waals surface area contributed by atoms with Gasteiger partial charge in [0, 0.05) is 23.5 Å². The van der Waals surface area contributed by atoms with Crippen LogP contribution in [0, 0.1) is 0 Å². The number of hydrogen-bond acceptors (Lipinski definition) is 4. The fourth-order valence-corrected chi connectivity index (χ4v) is 1.95. The second kappa shape index (κ2) is 6.12. The molecule has 6 heteroatoms. The molecule has 0 saturated carbocycles. The van der Waals surface area contributed by atoms with Gasteiger partial charge in [0.2, 0.25) is 12.2 Å². The lowest BCUT2D eigenvalue weighted by Crippen LogP contribution is -2.40. The van der Waals surface area contributed by atoms with Gasteiger partial charge in [-0.15, -0.1) is 0 Å². The number of H-pyrrole nitrogens is 1. The highest BCUT2D eigenvalue weighted by Crippen LogP contribution is 2.18. The van der Waals surface area contributed by atoms with Crippen LogP contribution in [0.1, 0.15) is 5.56 Å². The second-order valence-electron chi connectivity index (χ2n) is 4.11.